The molecule has 102 valence electrons. The first kappa shape index (κ1) is 14.1. The van der Waals surface area contributed by atoms with Gasteiger partial charge in [-0.2, -0.15) is 5.26 Å². The van der Waals surface area contributed by atoms with Gasteiger partial charge in [0.2, 0.25) is 0 Å². The summed E-state index contributed by atoms with van der Waals surface area (Å²) in [6.07, 6.45) is 0. The van der Waals surface area contributed by atoms with E-state index in [4.69, 9.17) is 10.00 Å². The van der Waals surface area contributed by atoms with Crippen LogP contribution in [0, 0.1) is 18.3 Å². The van der Waals surface area contributed by atoms with E-state index in [0.29, 0.717) is 18.1 Å². The van der Waals surface area contributed by atoms with Gasteiger partial charge in [0.25, 0.3) is 0 Å². The van der Waals surface area contributed by atoms with Crippen LogP contribution in [0.1, 0.15) is 42.0 Å². The normalized spacial score (nSPS) is 10.3. The van der Waals surface area contributed by atoms with Crippen LogP contribution in [0.2, 0.25) is 0 Å². The topological polar surface area (TPSA) is 33.0 Å². The maximum absolute atomic E-state index is 8.86. The Morgan fingerprint density at radius 1 is 1.15 bits per heavy atom. The van der Waals surface area contributed by atoms with E-state index in [1.807, 2.05) is 37.3 Å². The zero-order valence-electron chi connectivity index (χ0n) is 12.2. The van der Waals surface area contributed by atoms with Crippen molar-refractivity contribution < 1.29 is 4.74 Å². The summed E-state index contributed by atoms with van der Waals surface area (Å²) < 4.78 is 5.85. The average molecular weight is 265 g/mol. The maximum atomic E-state index is 8.86. The monoisotopic (exact) mass is 265 g/mol. The third kappa shape index (κ3) is 3.39. The lowest BCUT2D eigenvalue weighted by Crippen LogP contribution is -1.99. The summed E-state index contributed by atoms with van der Waals surface area (Å²) in [5, 5.41) is 8.86. The number of hydrogen-bond acceptors (Lipinski definition) is 2. The number of aryl methyl sites for hydroxylation is 1. The fourth-order valence-corrected chi connectivity index (χ4v) is 2.05. The molecular formula is C18H19NO. The van der Waals surface area contributed by atoms with Crippen LogP contribution >= 0.6 is 0 Å². The van der Waals surface area contributed by atoms with Crippen molar-refractivity contribution >= 4 is 0 Å². The highest BCUT2D eigenvalue weighted by atomic mass is 16.5. The van der Waals surface area contributed by atoms with E-state index in [1.54, 1.807) is 0 Å². The quantitative estimate of drug-likeness (QED) is 0.811. The van der Waals surface area contributed by atoms with Crippen LogP contribution in [0.5, 0.6) is 5.75 Å². The molecule has 0 aliphatic rings. The lowest BCUT2D eigenvalue weighted by atomic mass is 10.0. The zero-order chi connectivity index (χ0) is 14.5. The molecule has 2 aromatic carbocycles. The Morgan fingerprint density at radius 2 is 1.95 bits per heavy atom. The van der Waals surface area contributed by atoms with Gasteiger partial charge in [-0.3, -0.25) is 0 Å². The van der Waals surface area contributed by atoms with E-state index in [9.17, 15) is 0 Å². The fraction of sp³-hybridized carbons (Fsp3) is 0.278. The van der Waals surface area contributed by atoms with E-state index in [-0.39, 0.29) is 0 Å². The van der Waals surface area contributed by atoms with Crippen LogP contribution in [0.3, 0.4) is 0 Å². The summed E-state index contributed by atoms with van der Waals surface area (Å²) >= 11 is 0. The molecule has 0 spiro atoms. The van der Waals surface area contributed by atoms with Gasteiger partial charge < -0.3 is 4.74 Å². The molecule has 0 amide bonds. The van der Waals surface area contributed by atoms with Gasteiger partial charge in [0.1, 0.15) is 12.4 Å². The Morgan fingerprint density at radius 3 is 2.60 bits per heavy atom. The molecule has 0 fully saturated rings. The van der Waals surface area contributed by atoms with Crippen molar-refractivity contribution in [1.29, 1.82) is 5.26 Å². The smallest absolute Gasteiger partial charge is 0.120 e. The van der Waals surface area contributed by atoms with Crippen molar-refractivity contribution in [2.24, 2.45) is 0 Å². The molecule has 2 aromatic rings. The summed E-state index contributed by atoms with van der Waals surface area (Å²) in [4.78, 5) is 0. The maximum Gasteiger partial charge on any atom is 0.120 e. The molecule has 0 aromatic heterocycles. The van der Waals surface area contributed by atoms with Crippen molar-refractivity contribution in [1.82, 2.24) is 0 Å². The van der Waals surface area contributed by atoms with Crippen molar-refractivity contribution in [3.05, 3.63) is 64.7 Å². The first-order valence-corrected chi connectivity index (χ1v) is 6.82. The van der Waals surface area contributed by atoms with Gasteiger partial charge in [-0.15, -0.1) is 0 Å². The van der Waals surface area contributed by atoms with Crippen LogP contribution < -0.4 is 4.74 Å². The molecule has 0 aliphatic heterocycles. The minimum atomic E-state index is 0.496. The molecule has 20 heavy (non-hydrogen) atoms. The largest absolute Gasteiger partial charge is 0.489 e. The Labute approximate surface area is 120 Å². The average Bonchev–Trinajstić information content (AvgIpc) is 2.46. The molecule has 0 N–H and O–H groups in total. The minimum Gasteiger partial charge on any atom is -0.489 e. The summed E-state index contributed by atoms with van der Waals surface area (Å²) in [6, 6.07) is 16.0. The standard InChI is InChI=1S/C18H19NO/c1-13(2)16-5-4-6-18(10-16)20-12-17-8-7-15(11-19)9-14(17)3/h4-10,13H,12H2,1-3H3. The van der Waals surface area contributed by atoms with E-state index >= 15 is 0 Å². The summed E-state index contributed by atoms with van der Waals surface area (Å²) in [5.74, 6) is 1.38. The lowest BCUT2D eigenvalue weighted by Gasteiger charge is -2.11. The predicted molar refractivity (Wildman–Crippen MR) is 80.8 cm³/mol. The molecule has 0 bridgehead atoms. The Hall–Kier alpha value is -2.27. The Kier molecular flexibility index (Phi) is 4.42. The number of ether oxygens (including phenoxy) is 1. The first-order chi connectivity index (χ1) is 9.60. The second-order valence-electron chi connectivity index (χ2n) is 5.27. The van der Waals surface area contributed by atoms with Crippen LogP contribution in [-0.2, 0) is 6.61 Å². The molecule has 0 radical (unpaired) electrons. The third-order valence-electron chi connectivity index (χ3n) is 3.39. The molecule has 0 heterocycles. The van der Waals surface area contributed by atoms with Crippen LogP contribution in [0.4, 0.5) is 0 Å². The second-order valence-corrected chi connectivity index (χ2v) is 5.27. The van der Waals surface area contributed by atoms with Crippen molar-refractivity contribution in [2.45, 2.75) is 33.3 Å². The van der Waals surface area contributed by atoms with E-state index in [2.05, 4.69) is 32.0 Å². The van der Waals surface area contributed by atoms with E-state index in [0.717, 1.165) is 16.9 Å². The molecule has 0 atom stereocenters. The molecule has 0 aliphatic carbocycles. The predicted octanol–water partition coefficient (Wildman–Crippen LogP) is 4.57. The van der Waals surface area contributed by atoms with Gasteiger partial charge in [0.05, 0.1) is 11.6 Å². The van der Waals surface area contributed by atoms with Gasteiger partial charge in [0, 0.05) is 0 Å². The molecule has 2 nitrogen and oxygen atoms in total. The second kappa shape index (κ2) is 6.25. The number of rotatable bonds is 4. The highest BCUT2D eigenvalue weighted by Gasteiger charge is 2.04. The van der Waals surface area contributed by atoms with Crippen molar-refractivity contribution in [3.63, 3.8) is 0 Å². The third-order valence-corrected chi connectivity index (χ3v) is 3.39. The first-order valence-electron chi connectivity index (χ1n) is 6.82. The van der Waals surface area contributed by atoms with Crippen molar-refractivity contribution in [3.8, 4) is 11.8 Å². The number of nitriles is 1. The van der Waals surface area contributed by atoms with Gasteiger partial charge in [-0.1, -0.05) is 32.0 Å². The SMILES string of the molecule is Cc1cc(C#N)ccc1COc1cccc(C(C)C)c1. The Balaban J connectivity index is 2.09. The van der Waals surface area contributed by atoms with Crippen LogP contribution in [0.15, 0.2) is 42.5 Å². The van der Waals surface area contributed by atoms with Gasteiger partial charge in [0.15, 0.2) is 0 Å². The highest BCUT2D eigenvalue weighted by Crippen LogP contribution is 2.21. The summed E-state index contributed by atoms with van der Waals surface area (Å²) in [7, 11) is 0. The van der Waals surface area contributed by atoms with Gasteiger partial charge in [-0.25, -0.2) is 0 Å². The van der Waals surface area contributed by atoms with Crippen LogP contribution in [0.25, 0.3) is 0 Å². The Bertz CT molecular complexity index is 638. The number of hydrogen-bond donors (Lipinski definition) is 0. The molecule has 0 saturated carbocycles. The minimum absolute atomic E-state index is 0.496. The lowest BCUT2D eigenvalue weighted by molar-refractivity contribution is 0.305. The fourth-order valence-electron chi connectivity index (χ4n) is 2.05. The van der Waals surface area contributed by atoms with Gasteiger partial charge >= 0.3 is 0 Å². The van der Waals surface area contributed by atoms with Gasteiger partial charge in [-0.05, 0) is 53.8 Å². The molecule has 2 rings (SSSR count). The number of benzene rings is 2. The van der Waals surface area contributed by atoms with E-state index in [1.165, 1.54) is 5.56 Å². The van der Waals surface area contributed by atoms with E-state index < -0.39 is 0 Å². The summed E-state index contributed by atoms with van der Waals surface area (Å²) in [5.41, 5.74) is 4.16. The number of nitrogens with zero attached hydrogens (tertiary/aromatic N) is 1. The molecule has 0 saturated heterocycles. The highest BCUT2D eigenvalue weighted by molar-refractivity contribution is 5.37. The molecule has 2 heteroatoms. The van der Waals surface area contributed by atoms with Crippen LogP contribution in [-0.4, -0.2) is 0 Å². The molecule has 0 unspecified atom stereocenters. The summed E-state index contributed by atoms with van der Waals surface area (Å²) in [6.45, 7) is 6.87. The molecular weight excluding hydrogens is 246 g/mol. The van der Waals surface area contributed by atoms with Crippen molar-refractivity contribution in [2.75, 3.05) is 0 Å². The zero-order valence-corrected chi connectivity index (χ0v) is 12.2.